The van der Waals surface area contributed by atoms with Crippen LogP contribution in [0, 0.1) is 5.92 Å². The van der Waals surface area contributed by atoms with Gasteiger partial charge in [-0.25, -0.2) is 0 Å². The van der Waals surface area contributed by atoms with Crippen LogP contribution in [-0.4, -0.2) is 25.7 Å². The first-order chi connectivity index (χ1) is 6.65. The maximum Gasteiger partial charge on any atom is 0.309 e. The lowest BCUT2D eigenvalue weighted by atomic mass is 10.0. The van der Waals surface area contributed by atoms with Crippen molar-refractivity contribution in [3.63, 3.8) is 0 Å². The van der Waals surface area contributed by atoms with E-state index in [-0.39, 0.29) is 12.4 Å². The molecule has 0 aliphatic heterocycles. The van der Waals surface area contributed by atoms with Crippen molar-refractivity contribution in [2.75, 3.05) is 13.7 Å². The Labute approximate surface area is 83.9 Å². The number of ether oxygens (including phenoxy) is 2. The Bertz CT molecular complexity index is 210. The highest BCUT2D eigenvalue weighted by Crippen LogP contribution is 2.12. The molecule has 0 saturated heterocycles. The second-order valence-electron chi connectivity index (χ2n) is 2.75. The van der Waals surface area contributed by atoms with Crippen LogP contribution in [0.25, 0.3) is 0 Å². The van der Waals surface area contributed by atoms with Crippen molar-refractivity contribution >= 4 is 11.9 Å². The van der Waals surface area contributed by atoms with Crippen LogP contribution >= 0.6 is 0 Å². The zero-order valence-electron chi connectivity index (χ0n) is 8.62. The molecule has 0 spiro atoms. The van der Waals surface area contributed by atoms with Crippen LogP contribution in [0.5, 0.6) is 0 Å². The Morgan fingerprint density at radius 2 is 2.14 bits per heavy atom. The molecule has 0 aliphatic rings. The number of rotatable bonds is 6. The van der Waals surface area contributed by atoms with E-state index in [2.05, 4.69) is 11.3 Å². The summed E-state index contributed by atoms with van der Waals surface area (Å²) in [5.74, 6) is -1.26. The molecule has 0 saturated carbocycles. The Morgan fingerprint density at radius 3 is 2.57 bits per heavy atom. The quantitative estimate of drug-likeness (QED) is 0.479. The third-order valence-corrected chi connectivity index (χ3v) is 1.70. The molecule has 1 atom stereocenters. The molecule has 14 heavy (non-hydrogen) atoms. The first-order valence-corrected chi connectivity index (χ1v) is 4.50. The number of esters is 2. The van der Waals surface area contributed by atoms with Crippen LogP contribution in [0.4, 0.5) is 0 Å². The predicted molar refractivity (Wildman–Crippen MR) is 51.6 cm³/mol. The molecule has 1 unspecified atom stereocenters. The normalized spacial score (nSPS) is 11.6. The molecule has 80 valence electrons. The van der Waals surface area contributed by atoms with Crippen molar-refractivity contribution in [2.24, 2.45) is 5.92 Å². The lowest BCUT2D eigenvalue weighted by Gasteiger charge is -2.11. The lowest BCUT2D eigenvalue weighted by molar-refractivity contribution is -0.153. The molecule has 4 nitrogen and oxygen atoms in total. The Morgan fingerprint density at radius 1 is 1.50 bits per heavy atom. The van der Waals surface area contributed by atoms with E-state index in [0.717, 1.165) is 0 Å². The first-order valence-electron chi connectivity index (χ1n) is 4.50. The minimum absolute atomic E-state index is 0.0481. The summed E-state index contributed by atoms with van der Waals surface area (Å²) < 4.78 is 9.28. The van der Waals surface area contributed by atoms with Gasteiger partial charge < -0.3 is 9.47 Å². The summed E-state index contributed by atoms with van der Waals surface area (Å²) in [6.45, 7) is 5.55. The van der Waals surface area contributed by atoms with Crippen molar-refractivity contribution in [1.82, 2.24) is 0 Å². The van der Waals surface area contributed by atoms with Gasteiger partial charge in [0.25, 0.3) is 0 Å². The van der Waals surface area contributed by atoms with Crippen LogP contribution in [-0.2, 0) is 19.1 Å². The number of carbonyl (C=O) groups excluding carboxylic acids is 2. The van der Waals surface area contributed by atoms with Gasteiger partial charge in [0.05, 0.1) is 26.1 Å². The molecule has 0 bridgehead atoms. The largest absolute Gasteiger partial charge is 0.469 e. The van der Waals surface area contributed by atoms with Crippen LogP contribution in [0.1, 0.15) is 19.8 Å². The highest BCUT2D eigenvalue weighted by atomic mass is 16.5. The highest BCUT2D eigenvalue weighted by molar-refractivity contribution is 5.80. The molecule has 0 aliphatic carbocycles. The van der Waals surface area contributed by atoms with Crippen molar-refractivity contribution in [2.45, 2.75) is 19.8 Å². The number of carbonyl (C=O) groups is 2. The summed E-state index contributed by atoms with van der Waals surface area (Å²) >= 11 is 0. The third-order valence-electron chi connectivity index (χ3n) is 1.70. The molecule has 0 N–H and O–H groups in total. The fraction of sp³-hybridized carbons (Fsp3) is 0.600. The SMILES string of the molecule is C=CCC(CC(=O)OCC)C(=O)OC. The van der Waals surface area contributed by atoms with E-state index in [4.69, 9.17) is 4.74 Å². The summed E-state index contributed by atoms with van der Waals surface area (Å²) in [5.41, 5.74) is 0. The Kier molecular flexibility index (Phi) is 6.45. The van der Waals surface area contributed by atoms with Crippen LogP contribution < -0.4 is 0 Å². The van der Waals surface area contributed by atoms with Crippen LogP contribution in [0.3, 0.4) is 0 Å². The van der Waals surface area contributed by atoms with Gasteiger partial charge in [-0.2, -0.15) is 0 Å². The monoisotopic (exact) mass is 200 g/mol. The standard InChI is InChI=1S/C10H16O4/c1-4-6-8(10(12)13-3)7-9(11)14-5-2/h4,8H,1,5-7H2,2-3H3. The number of allylic oxidation sites excluding steroid dienone is 1. The van der Waals surface area contributed by atoms with Gasteiger partial charge >= 0.3 is 11.9 Å². The molecule has 4 heteroatoms. The number of hydrogen-bond donors (Lipinski definition) is 0. The van der Waals surface area contributed by atoms with Gasteiger partial charge in [-0.3, -0.25) is 9.59 Å². The van der Waals surface area contributed by atoms with Crippen LogP contribution in [0.2, 0.25) is 0 Å². The average Bonchev–Trinajstić information content (AvgIpc) is 2.16. The first kappa shape index (κ1) is 12.7. The minimum Gasteiger partial charge on any atom is -0.469 e. The van der Waals surface area contributed by atoms with Crippen molar-refractivity contribution in [3.8, 4) is 0 Å². The summed E-state index contributed by atoms with van der Waals surface area (Å²) in [6, 6.07) is 0. The van der Waals surface area contributed by atoms with Crippen molar-refractivity contribution < 1.29 is 19.1 Å². The van der Waals surface area contributed by atoms with Gasteiger partial charge in [0.1, 0.15) is 0 Å². The van der Waals surface area contributed by atoms with E-state index >= 15 is 0 Å². The van der Waals surface area contributed by atoms with E-state index < -0.39 is 11.9 Å². The number of methoxy groups -OCH3 is 1. The van der Waals surface area contributed by atoms with E-state index in [1.807, 2.05) is 0 Å². The van der Waals surface area contributed by atoms with Crippen molar-refractivity contribution in [3.05, 3.63) is 12.7 Å². The average molecular weight is 200 g/mol. The number of hydrogen-bond acceptors (Lipinski definition) is 4. The molecular weight excluding hydrogens is 184 g/mol. The van der Waals surface area contributed by atoms with Gasteiger partial charge in [-0.15, -0.1) is 6.58 Å². The predicted octanol–water partition coefficient (Wildman–Crippen LogP) is 1.30. The van der Waals surface area contributed by atoms with Gasteiger partial charge in [0.2, 0.25) is 0 Å². The van der Waals surface area contributed by atoms with Crippen molar-refractivity contribution in [1.29, 1.82) is 0 Å². The van der Waals surface area contributed by atoms with Gasteiger partial charge in [-0.05, 0) is 13.3 Å². The lowest BCUT2D eigenvalue weighted by Crippen LogP contribution is -2.20. The molecule has 0 rings (SSSR count). The van der Waals surface area contributed by atoms with Gasteiger partial charge in [0, 0.05) is 0 Å². The Balaban J connectivity index is 4.14. The second-order valence-corrected chi connectivity index (χ2v) is 2.75. The summed E-state index contributed by atoms with van der Waals surface area (Å²) in [4.78, 5) is 22.2. The summed E-state index contributed by atoms with van der Waals surface area (Å²) in [6.07, 6.45) is 2.05. The topological polar surface area (TPSA) is 52.6 Å². The summed E-state index contributed by atoms with van der Waals surface area (Å²) in [7, 11) is 1.30. The third kappa shape index (κ3) is 4.64. The zero-order chi connectivity index (χ0) is 11.0. The van der Waals surface area contributed by atoms with E-state index in [9.17, 15) is 9.59 Å². The second kappa shape index (κ2) is 7.12. The van der Waals surface area contributed by atoms with E-state index in [0.29, 0.717) is 13.0 Å². The fourth-order valence-corrected chi connectivity index (χ4v) is 1.05. The zero-order valence-corrected chi connectivity index (χ0v) is 8.62. The maximum absolute atomic E-state index is 11.2. The fourth-order valence-electron chi connectivity index (χ4n) is 1.05. The molecule has 0 amide bonds. The molecule has 0 aromatic rings. The molecule has 0 aromatic carbocycles. The molecule has 0 radical (unpaired) electrons. The van der Waals surface area contributed by atoms with Crippen LogP contribution in [0.15, 0.2) is 12.7 Å². The molecular formula is C10H16O4. The molecule has 0 aromatic heterocycles. The highest BCUT2D eigenvalue weighted by Gasteiger charge is 2.21. The van der Waals surface area contributed by atoms with Gasteiger partial charge in [0.15, 0.2) is 0 Å². The molecule has 0 heterocycles. The van der Waals surface area contributed by atoms with Gasteiger partial charge in [-0.1, -0.05) is 6.08 Å². The molecule has 0 fully saturated rings. The minimum atomic E-state index is -0.475. The van der Waals surface area contributed by atoms with E-state index in [1.54, 1.807) is 13.0 Å². The summed E-state index contributed by atoms with van der Waals surface area (Å²) in [5, 5.41) is 0. The smallest absolute Gasteiger partial charge is 0.309 e. The Hall–Kier alpha value is -1.32. The maximum atomic E-state index is 11.2. The van der Waals surface area contributed by atoms with E-state index in [1.165, 1.54) is 7.11 Å².